The van der Waals surface area contributed by atoms with Gasteiger partial charge in [0.2, 0.25) is 0 Å². The Morgan fingerprint density at radius 3 is 2.45 bits per heavy atom. The normalized spacial score (nSPS) is 33.0. The van der Waals surface area contributed by atoms with Crippen LogP contribution in [0, 0.1) is 17.3 Å². The number of hydrogen-bond donors (Lipinski definition) is 0. The average molecular weight is 280 g/mol. The highest BCUT2D eigenvalue weighted by atomic mass is 16.5. The molecule has 2 heteroatoms. The summed E-state index contributed by atoms with van der Waals surface area (Å²) in [6, 6.07) is 0. The van der Waals surface area contributed by atoms with Gasteiger partial charge in [-0.05, 0) is 50.9 Å². The molecule has 2 aliphatic carbocycles. The summed E-state index contributed by atoms with van der Waals surface area (Å²) in [6.45, 7) is 6.33. The Morgan fingerprint density at radius 2 is 1.80 bits per heavy atom. The highest BCUT2D eigenvalue weighted by Crippen LogP contribution is 2.42. The van der Waals surface area contributed by atoms with Gasteiger partial charge in [0.15, 0.2) is 0 Å². The predicted octanol–water partition coefficient (Wildman–Crippen LogP) is 5.10. The fraction of sp³-hybridized carbons (Fsp3) is 0.944. The molecule has 4 unspecified atom stereocenters. The molecule has 0 aromatic rings. The van der Waals surface area contributed by atoms with E-state index in [2.05, 4.69) is 20.8 Å². The molecule has 0 aliphatic heterocycles. The monoisotopic (exact) mass is 280 g/mol. The molecule has 2 saturated carbocycles. The van der Waals surface area contributed by atoms with Crippen LogP contribution in [0.3, 0.4) is 0 Å². The van der Waals surface area contributed by atoms with E-state index in [-0.39, 0.29) is 17.5 Å². The molecule has 2 aliphatic rings. The van der Waals surface area contributed by atoms with E-state index in [0.29, 0.717) is 0 Å². The van der Waals surface area contributed by atoms with Gasteiger partial charge in [0.05, 0.1) is 5.41 Å². The fourth-order valence-electron chi connectivity index (χ4n) is 4.21. The Labute approximate surface area is 124 Å². The molecule has 0 radical (unpaired) electrons. The van der Waals surface area contributed by atoms with Crippen molar-refractivity contribution < 1.29 is 9.53 Å². The number of hydrogen-bond acceptors (Lipinski definition) is 2. The summed E-state index contributed by atoms with van der Waals surface area (Å²) < 4.78 is 5.91. The van der Waals surface area contributed by atoms with Crippen LogP contribution in [-0.4, -0.2) is 12.1 Å². The first-order valence-corrected chi connectivity index (χ1v) is 8.80. The number of carbonyl (C=O) groups is 1. The summed E-state index contributed by atoms with van der Waals surface area (Å²) >= 11 is 0. The minimum Gasteiger partial charge on any atom is -0.462 e. The molecule has 2 fully saturated rings. The van der Waals surface area contributed by atoms with Crippen molar-refractivity contribution in [3.05, 3.63) is 0 Å². The van der Waals surface area contributed by atoms with Crippen LogP contribution >= 0.6 is 0 Å². The van der Waals surface area contributed by atoms with Gasteiger partial charge in [-0.1, -0.05) is 46.0 Å². The lowest BCUT2D eigenvalue weighted by molar-refractivity contribution is -0.164. The molecule has 0 amide bonds. The third-order valence-electron chi connectivity index (χ3n) is 5.84. The van der Waals surface area contributed by atoms with Gasteiger partial charge in [0.25, 0.3) is 0 Å². The summed E-state index contributed by atoms with van der Waals surface area (Å²) in [5.74, 6) is 1.81. The lowest BCUT2D eigenvalue weighted by atomic mass is 9.70. The Hall–Kier alpha value is -0.530. The van der Waals surface area contributed by atoms with E-state index in [1.54, 1.807) is 0 Å². The molecule has 2 rings (SSSR count). The fourth-order valence-corrected chi connectivity index (χ4v) is 4.21. The minimum atomic E-state index is -0.266. The van der Waals surface area contributed by atoms with Crippen molar-refractivity contribution in [2.24, 2.45) is 17.3 Å². The first-order valence-electron chi connectivity index (χ1n) is 8.80. The molecular formula is C18H32O2. The van der Waals surface area contributed by atoms with E-state index in [1.165, 1.54) is 32.1 Å². The van der Waals surface area contributed by atoms with Crippen molar-refractivity contribution in [2.45, 2.75) is 91.1 Å². The topological polar surface area (TPSA) is 26.3 Å². The molecule has 0 aromatic heterocycles. The highest BCUT2D eigenvalue weighted by Gasteiger charge is 2.37. The minimum absolute atomic E-state index is 0.0566. The van der Waals surface area contributed by atoms with E-state index in [9.17, 15) is 4.79 Å². The first kappa shape index (κ1) is 15.9. The van der Waals surface area contributed by atoms with E-state index >= 15 is 0 Å². The molecule has 0 aromatic carbocycles. The van der Waals surface area contributed by atoms with Gasteiger partial charge in [-0.25, -0.2) is 0 Å². The van der Waals surface area contributed by atoms with Crippen molar-refractivity contribution in [1.82, 2.24) is 0 Å². The number of ether oxygens (including phenoxy) is 1. The molecule has 0 spiro atoms. The molecule has 4 atom stereocenters. The second kappa shape index (κ2) is 6.95. The van der Waals surface area contributed by atoms with Gasteiger partial charge in [-0.2, -0.15) is 0 Å². The van der Waals surface area contributed by atoms with Crippen molar-refractivity contribution in [3.63, 3.8) is 0 Å². The molecule has 0 saturated heterocycles. The van der Waals surface area contributed by atoms with Crippen molar-refractivity contribution in [1.29, 1.82) is 0 Å². The largest absolute Gasteiger partial charge is 0.462 e. The Bertz CT molecular complexity index is 325. The zero-order valence-electron chi connectivity index (χ0n) is 13.6. The number of esters is 1. The molecule has 0 bridgehead atoms. The number of carbonyl (C=O) groups excluding carboxylic acids is 1. The summed E-state index contributed by atoms with van der Waals surface area (Å²) in [7, 11) is 0. The zero-order chi connectivity index (χ0) is 14.6. The standard InChI is InChI=1S/C18H32O2/c1-4-12-18(3,5-2)17(19)20-16-11-10-14-8-6-7-9-15(14)13-16/h14-16H,4-13H2,1-3H3. The molecular weight excluding hydrogens is 248 g/mol. The lowest BCUT2D eigenvalue weighted by Gasteiger charge is -2.40. The van der Waals surface area contributed by atoms with Crippen LogP contribution in [0.1, 0.15) is 85.0 Å². The summed E-state index contributed by atoms with van der Waals surface area (Å²) in [6.07, 6.45) is 12.1. The van der Waals surface area contributed by atoms with Crippen molar-refractivity contribution >= 4 is 5.97 Å². The maximum atomic E-state index is 12.5. The van der Waals surface area contributed by atoms with Gasteiger partial charge < -0.3 is 4.74 Å². The van der Waals surface area contributed by atoms with Gasteiger partial charge in [-0.15, -0.1) is 0 Å². The lowest BCUT2D eigenvalue weighted by Crippen LogP contribution is -2.37. The second-order valence-electron chi connectivity index (χ2n) is 7.31. The van der Waals surface area contributed by atoms with Crippen LogP contribution in [0.25, 0.3) is 0 Å². The predicted molar refractivity (Wildman–Crippen MR) is 82.5 cm³/mol. The number of rotatable bonds is 5. The Kier molecular flexibility index (Phi) is 5.51. The smallest absolute Gasteiger partial charge is 0.312 e. The molecule has 116 valence electrons. The maximum Gasteiger partial charge on any atom is 0.312 e. The van der Waals surface area contributed by atoms with Gasteiger partial charge in [-0.3, -0.25) is 4.79 Å². The number of fused-ring (bicyclic) bond motifs is 1. The average Bonchev–Trinajstić information content (AvgIpc) is 2.47. The molecule has 20 heavy (non-hydrogen) atoms. The zero-order valence-corrected chi connectivity index (χ0v) is 13.6. The van der Waals surface area contributed by atoms with E-state index in [4.69, 9.17) is 4.74 Å². The Morgan fingerprint density at radius 1 is 1.10 bits per heavy atom. The second-order valence-corrected chi connectivity index (χ2v) is 7.31. The molecule has 0 N–H and O–H groups in total. The van der Waals surface area contributed by atoms with Crippen molar-refractivity contribution in [3.8, 4) is 0 Å². The SMILES string of the molecule is CCCC(C)(CC)C(=O)OC1CCC2CCCCC2C1. The quantitative estimate of drug-likeness (QED) is 0.654. The van der Waals surface area contributed by atoms with Crippen LogP contribution in [0.4, 0.5) is 0 Å². The summed E-state index contributed by atoms with van der Waals surface area (Å²) in [5.41, 5.74) is -0.266. The van der Waals surface area contributed by atoms with Gasteiger partial charge in [0, 0.05) is 0 Å². The summed E-state index contributed by atoms with van der Waals surface area (Å²) in [4.78, 5) is 12.5. The van der Waals surface area contributed by atoms with Crippen LogP contribution in [-0.2, 0) is 9.53 Å². The van der Waals surface area contributed by atoms with Crippen LogP contribution in [0.2, 0.25) is 0 Å². The third kappa shape index (κ3) is 3.56. The van der Waals surface area contributed by atoms with E-state index < -0.39 is 0 Å². The van der Waals surface area contributed by atoms with Gasteiger partial charge >= 0.3 is 5.97 Å². The first-order chi connectivity index (χ1) is 9.59. The van der Waals surface area contributed by atoms with E-state index in [1.807, 2.05) is 0 Å². The maximum absolute atomic E-state index is 12.5. The van der Waals surface area contributed by atoms with Crippen LogP contribution in [0.15, 0.2) is 0 Å². The van der Waals surface area contributed by atoms with Gasteiger partial charge in [0.1, 0.15) is 6.10 Å². The third-order valence-corrected chi connectivity index (χ3v) is 5.84. The summed E-state index contributed by atoms with van der Waals surface area (Å²) in [5, 5.41) is 0. The molecule has 2 nitrogen and oxygen atoms in total. The van der Waals surface area contributed by atoms with E-state index in [0.717, 1.165) is 43.9 Å². The van der Waals surface area contributed by atoms with Crippen LogP contribution < -0.4 is 0 Å². The van der Waals surface area contributed by atoms with Crippen molar-refractivity contribution in [2.75, 3.05) is 0 Å². The van der Waals surface area contributed by atoms with Crippen LogP contribution in [0.5, 0.6) is 0 Å². The Balaban J connectivity index is 1.88. The highest BCUT2D eigenvalue weighted by molar-refractivity contribution is 5.76. The molecule has 0 heterocycles.